The van der Waals surface area contributed by atoms with E-state index in [0.717, 1.165) is 42.6 Å². The van der Waals surface area contributed by atoms with E-state index in [0.29, 0.717) is 25.3 Å². The molecule has 8 heteroatoms. The van der Waals surface area contributed by atoms with Crippen LogP contribution in [0.25, 0.3) is 0 Å². The highest BCUT2D eigenvalue weighted by atomic mass is 16.2. The van der Waals surface area contributed by atoms with Gasteiger partial charge in [-0.05, 0) is 55.4 Å². The van der Waals surface area contributed by atoms with Crippen LogP contribution < -0.4 is 10.6 Å². The number of amides is 4. The minimum Gasteiger partial charge on any atom is -0.355 e. The number of rotatable bonds is 8. The minimum absolute atomic E-state index is 0.219. The predicted molar refractivity (Wildman–Crippen MR) is 114 cm³/mol. The molecule has 30 heavy (non-hydrogen) atoms. The lowest BCUT2D eigenvalue weighted by molar-refractivity contribution is -0.136. The second-order valence-corrected chi connectivity index (χ2v) is 9.50. The van der Waals surface area contributed by atoms with Crippen LogP contribution in [-0.2, 0) is 23.1 Å². The van der Waals surface area contributed by atoms with Gasteiger partial charge in [0.1, 0.15) is 12.1 Å². The summed E-state index contributed by atoms with van der Waals surface area (Å²) >= 11 is 0. The van der Waals surface area contributed by atoms with Crippen molar-refractivity contribution in [3.05, 3.63) is 18.0 Å². The largest absolute Gasteiger partial charge is 0.355 e. The highest BCUT2D eigenvalue weighted by molar-refractivity contribution is 6.09. The van der Waals surface area contributed by atoms with Gasteiger partial charge < -0.3 is 10.6 Å². The van der Waals surface area contributed by atoms with E-state index in [-0.39, 0.29) is 23.8 Å². The number of imide groups is 1. The summed E-state index contributed by atoms with van der Waals surface area (Å²) in [6.45, 7) is 7.02. The zero-order valence-electron chi connectivity index (χ0n) is 18.7. The lowest BCUT2D eigenvalue weighted by atomic mass is 9.65. The molecule has 0 radical (unpaired) electrons. The molecule has 1 aliphatic heterocycles. The van der Waals surface area contributed by atoms with Gasteiger partial charge in [0, 0.05) is 19.8 Å². The summed E-state index contributed by atoms with van der Waals surface area (Å²) in [7, 11) is 1.87. The fraction of sp³-hybridized carbons (Fsp3) is 0.727. The summed E-state index contributed by atoms with van der Waals surface area (Å²) in [5.74, 6) is 0.00305. The van der Waals surface area contributed by atoms with Crippen LogP contribution in [0, 0.1) is 11.3 Å². The van der Waals surface area contributed by atoms with Crippen molar-refractivity contribution in [2.24, 2.45) is 18.4 Å². The molecular weight excluding hydrogens is 382 g/mol. The maximum absolute atomic E-state index is 13.0. The monoisotopic (exact) mass is 417 g/mol. The van der Waals surface area contributed by atoms with Crippen LogP contribution in [0.15, 0.2) is 12.4 Å². The van der Waals surface area contributed by atoms with Crippen molar-refractivity contribution in [3.63, 3.8) is 0 Å². The SMILES string of the molecule is CCC(C)(C)C1CCC2(CC1)NC(=O)N(CC(=O)NCCCc1cnn(C)c1)C2=O. The third kappa shape index (κ3) is 4.68. The Morgan fingerprint density at radius 3 is 2.63 bits per heavy atom. The van der Waals surface area contributed by atoms with Gasteiger partial charge in [-0.1, -0.05) is 27.2 Å². The first-order chi connectivity index (χ1) is 14.2. The third-order valence-electron chi connectivity index (χ3n) is 7.13. The summed E-state index contributed by atoms with van der Waals surface area (Å²) in [6.07, 6.45) is 9.58. The molecule has 2 heterocycles. The van der Waals surface area contributed by atoms with E-state index in [4.69, 9.17) is 0 Å². The van der Waals surface area contributed by atoms with Crippen molar-refractivity contribution in [2.45, 2.75) is 71.3 Å². The van der Waals surface area contributed by atoms with E-state index in [2.05, 4.69) is 36.5 Å². The van der Waals surface area contributed by atoms with Crippen molar-refractivity contribution in [1.82, 2.24) is 25.3 Å². The first-order valence-electron chi connectivity index (χ1n) is 11.1. The van der Waals surface area contributed by atoms with E-state index in [9.17, 15) is 14.4 Å². The molecule has 1 aromatic rings. The summed E-state index contributed by atoms with van der Waals surface area (Å²) < 4.78 is 1.75. The number of urea groups is 1. The molecule has 0 unspecified atom stereocenters. The van der Waals surface area contributed by atoms with Crippen LogP contribution >= 0.6 is 0 Å². The van der Waals surface area contributed by atoms with Crippen LogP contribution in [0.1, 0.15) is 64.9 Å². The average molecular weight is 418 g/mol. The molecule has 3 rings (SSSR count). The predicted octanol–water partition coefficient (Wildman–Crippen LogP) is 2.39. The normalized spacial score (nSPS) is 24.4. The lowest BCUT2D eigenvalue weighted by Gasteiger charge is -2.42. The van der Waals surface area contributed by atoms with Crippen LogP contribution in [0.5, 0.6) is 0 Å². The summed E-state index contributed by atoms with van der Waals surface area (Å²) in [5.41, 5.74) is 0.533. The summed E-state index contributed by atoms with van der Waals surface area (Å²) in [4.78, 5) is 38.9. The second-order valence-electron chi connectivity index (χ2n) is 9.50. The second kappa shape index (κ2) is 8.78. The molecule has 2 fully saturated rings. The Morgan fingerprint density at radius 2 is 2.03 bits per heavy atom. The molecule has 1 saturated carbocycles. The smallest absolute Gasteiger partial charge is 0.325 e. The lowest BCUT2D eigenvalue weighted by Crippen LogP contribution is -2.51. The number of nitrogens with zero attached hydrogens (tertiary/aromatic N) is 3. The van der Waals surface area contributed by atoms with Gasteiger partial charge in [-0.15, -0.1) is 0 Å². The number of hydrogen-bond donors (Lipinski definition) is 2. The topological polar surface area (TPSA) is 96.3 Å². The van der Waals surface area contributed by atoms with E-state index in [1.165, 1.54) is 0 Å². The Bertz CT molecular complexity index is 792. The number of aryl methyl sites for hydroxylation is 2. The zero-order chi connectivity index (χ0) is 21.9. The molecular formula is C22H35N5O3. The molecule has 2 aliphatic rings. The van der Waals surface area contributed by atoms with Crippen molar-refractivity contribution in [2.75, 3.05) is 13.1 Å². The van der Waals surface area contributed by atoms with Crippen LogP contribution in [0.4, 0.5) is 4.79 Å². The highest BCUT2D eigenvalue weighted by Crippen LogP contribution is 2.45. The van der Waals surface area contributed by atoms with Crippen molar-refractivity contribution >= 4 is 17.8 Å². The van der Waals surface area contributed by atoms with Crippen molar-refractivity contribution in [1.29, 1.82) is 0 Å². The van der Waals surface area contributed by atoms with Gasteiger partial charge in [0.15, 0.2) is 0 Å². The quantitative estimate of drug-likeness (QED) is 0.501. The first-order valence-corrected chi connectivity index (χ1v) is 11.1. The fourth-order valence-corrected chi connectivity index (χ4v) is 4.66. The molecule has 0 aromatic carbocycles. The molecule has 1 saturated heterocycles. The Balaban J connectivity index is 1.47. The van der Waals surface area contributed by atoms with E-state index in [1.807, 2.05) is 19.4 Å². The van der Waals surface area contributed by atoms with Crippen LogP contribution in [0.3, 0.4) is 0 Å². The number of aromatic nitrogens is 2. The summed E-state index contributed by atoms with van der Waals surface area (Å²) in [5, 5.41) is 9.84. The molecule has 4 amide bonds. The van der Waals surface area contributed by atoms with Crippen LogP contribution in [0.2, 0.25) is 0 Å². The molecule has 166 valence electrons. The molecule has 1 spiro atoms. The van der Waals surface area contributed by atoms with E-state index >= 15 is 0 Å². The Morgan fingerprint density at radius 1 is 1.33 bits per heavy atom. The Kier molecular flexibility index (Phi) is 6.53. The minimum atomic E-state index is -0.821. The van der Waals surface area contributed by atoms with Gasteiger partial charge in [0.2, 0.25) is 5.91 Å². The van der Waals surface area contributed by atoms with Gasteiger partial charge >= 0.3 is 6.03 Å². The first kappa shape index (κ1) is 22.3. The zero-order valence-corrected chi connectivity index (χ0v) is 18.7. The van der Waals surface area contributed by atoms with Crippen LogP contribution in [-0.4, -0.2) is 51.2 Å². The molecule has 1 aromatic heterocycles. The van der Waals surface area contributed by atoms with Gasteiger partial charge in [-0.2, -0.15) is 5.10 Å². The van der Waals surface area contributed by atoms with Crippen molar-refractivity contribution < 1.29 is 14.4 Å². The number of nitrogens with one attached hydrogen (secondary N) is 2. The Hall–Kier alpha value is -2.38. The maximum atomic E-state index is 13.0. The van der Waals surface area contributed by atoms with Gasteiger partial charge in [-0.25, -0.2) is 4.79 Å². The average Bonchev–Trinajstić information content (AvgIpc) is 3.22. The Labute approximate surface area is 178 Å². The number of hydrogen-bond acceptors (Lipinski definition) is 4. The maximum Gasteiger partial charge on any atom is 0.325 e. The van der Waals surface area contributed by atoms with Gasteiger partial charge in [0.05, 0.1) is 6.20 Å². The molecule has 8 nitrogen and oxygen atoms in total. The number of carbonyl (C=O) groups is 3. The standard InChI is InChI=1S/C22H35N5O3/c1-5-21(2,3)17-8-10-22(11-9-17)19(29)27(20(30)25-22)15-18(28)23-12-6-7-16-13-24-26(4)14-16/h13-14,17H,5-12,15H2,1-4H3,(H,23,28)(H,25,30). The summed E-state index contributed by atoms with van der Waals surface area (Å²) in [6, 6.07) is -0.446. The van der Waals surface area contributed by atoms with Gasteiger partial charge in [-0.3, -0.25) is 19.2 Å². The molecule has 2 N–H and O–H groups in total. The van der Waals surface area contributed by atoms with Crippen molar-refractivity contribution in [3.8, 4) is 0 Å². The van der Waals surface area contributed by atoms with E-state index in [1.54, 1.807) is 4.68 Å². The molecule has 0 atom stereocenters. The molecule has 1 aliphatic carbocycles. The molecule has 0 bridgehead atoms. The van der Waals surface area contributed by atoms with E-state index < -0.39 is 11.6 Å². The number of carbonyl (C=O) groups excluding carboxylic acids is 3. The van der Waals surface area contributed by atoms with Gasteiger partial charge in [0.25, 0.3) is 5.91 Å². The highest BCUT2D eigenvalue weighted by Gasteiger charge is 2.53. The fourth-order valence-electron chi connectivity index (χ4n) is 4.66. The third-order valence-corrected chi connectivity index (χ3v) is 7.13.